The molecule has 20 heavy (non-hydrogen) atoms. The van der Waals surface area contributed by atoms with Crippen LogP contribution in [-0.4, -0.2) is 52.6 Å². The first kappa shape index (κ1) is 13.2. The minimum atomic E-state index is 0.596. The van der Waals surface area contributed by atoms with Crippen LogP contribution in [0.15, 0.2) is 18.6 Å². The van der Waals surface area contributed by atoms with Crippen LogP contribution in [0.3, 0.4) is 0 Å². The molecule has 0 bridgehead atoms. The Morgan fingerprint density at radius 1 is 1.30 bits per heavy atom. The number of anilines is 1. The average Bonchev–Trinajstić information content (AvgIpc) is 2.96. The van der Waals surface area contributed by atoms with Crippen LogP contribution in [0.1, 0.15) is 19.3 Å². The molecule has 1 N–H and O–H groups in total. The van der Waals surface area contributed by atoms with Gasteiger partial charge in [-0.3, -0.25) is 9.30 Å². The molecule has 0 atom stereocenters. The fourth-order valence-electron chi connectivity index (χ4n) is 2.57. The van der Waals surface area contributed by atoms with Crippen LogP contribution in [0.25, 0.3) is 5.65 Å². The predicted octanol–water partition coefficient (Wildman–Crippen LogP) is 1.64. The number of rotatable bonds is 5. The normalized spacial score (nSPS) is 16.4. The summed E-state index contributed by atoms with van der Waals surface area (Å²) >= 11 is 0. The number of nitrogens with one attached hydrogen (secondary N) is 1. The predicted molar refractivity (Wildman–Crippen MR) is 78.3 cm³/mol. The molecule has 3 heterocycles. The van der Waals surface area contributed by atoms with Crippen molar-refractivity contribution in [3.8, 4) is 5.88 Å². The van der Waals surface area contributed by atoms with Crippen molar-refractivity contribution in [3.05, 3.63) is 18.6 Å². The van der Waals surface area contributed by atoms with Crippen molar-refractivity contribution < 1.29 is 4.74 Å². The molecule has 1 saturated heterocycles. The zero-order valence-corrected chi connectivity index (χ0v) is 11.9. The maximum Gasteiger partial charge on any atom is 0.260 e. The van der Waals surface area contributed by atoms with E-state index < -0.39 is 0 Å². The lowest BCUT2D eigenvalue weighted by Gasteiger charge is -2.26. The molecule has 6 heteroatoms. The zero-order chi connectivity index (χ0) is 13.8. The van der Waals surface area contributed by atoms with Crippen LogP contribution >= 0.6 is 0 Å². The first-order valence-corrected chi connectivity index (χ1v) is 7.23. The van der Waals surface area contributed by atoms with E-state index in [4.69, 9.17) is 4.74 Å². The monoisotopic (exact) mass is 275 g/mol. The Hall–Kier alpha value is -1.82. The van der Waals surface area contributed by atoms with Crippen molar-refractivity contribution in [3.63, 3.8) is 0 Å². The fourth-order valence-corrected chi connectivity index (χ4v) is 2.57. The van der Waals surface area contributed by atoms with Crippen LogP contribution in [0.5, 0.6) is 5.88 Å². The number of fused-ring (bicyclic) bond motifs is 1. The third-order valence-corrected chi connectivity index (χ3v) is 3.69. The number of ether oxygens (including phenoxy) is 1. The molecular formula is C14H21N5O. The molecule has 1 fully saturated rings. The first-order chi connectivity index (χ1) is 9.86. The molecule has 3 rings (SSSR count). The van der Waals surface area contributed by atoms with Gasteiger partial charge in [0.05, 0.1) is 6.20 Å². The van der Waals surface area contributed by atoms with Gasteiger partial charge in [-0.25, -0.2) is 4.98 Å². The third-order valence-electron chi connectivity index (χ3n) is 3.69. The molecule has 6 nitrogen and oxygen atoms in total. The van der Waals surface area contributed by atoms with E-state index in [0.717, 1.165) is 18.0 Å². The Kier molecular flexibility index (Phi) is 4.01. The molecule has 0 aliphatic carbocycles. The van der Waals surface area contributed by atoms with E-state index in [9.17, 15) is 0 Å². The number of hydrogen-bond acceptors (Lipinski definition) is 5. The summed E-state index contributed by atoms with van der Waals surface area (Å²) < 4.78 is 7.77. The van der Waals surface area contributed by atoms with E-state index in [-0.39, 0.29) is 0 Å². The summed E-state index contributed by atoms with van der Waals surface area (Å²) in [6.07, 6.45) is 9.52. The van der Waals surface area contributed by atoms with Gasteiger partial charge in [-0.2, -0.15) is 4.98 Å². The molecule has 0 radical (unpaired) electrons. The van der Waals surface area contributed by atoms with Crippen LogP contribution in [0, 0.1) is 0 Å². The van der Waals surface area contributed by atoms with Crippen LogP contribution in [0.4, 0.5) is 5.82 Å². The second-order valence-electron chi connectivity index (χ2n) is 5.09. The standard InChI is InChI=1S/C14H21N5O/c1-15-12-11-19-8-5-16-13(19)14(17-12)20-10-9-18-6-3-2-4-7-18/h5,8,11,15H,2-4,6-7,9-10H2,1H3. The van der Waals surface area contributed by atoms with Gasteiger partial charge in [-0.15, -0.1) is 0 Å². The van der Waals surface area contributed by atoms with Gasteiger partial charge in [0.1, 0.15) is 12.4 Å². The topological polar surface area (TPSA) is 54.7 Å². The summed E-state index contributed by atoms with van der Waals surface area (Å²) in [5.74, 6) is 1.38. The minimum absolute atomic E-state index is 0.596. The zero-order valence-electron chi connectivity index (χ0n) is 11.9. The summed E-state index contributed by atoms with van der Waals surface area (Å²) in [5, 5.41) is 3.04. The lowest BCUT2D eigenvalue weighted by atomic mass is 10.1. The van der Waals surface area contributed by atoms with Gasteiger partial charge in [-0.1, -0.05) is 6.42 Å². The molecule has 0 amide bonds. The lowest BCUT2D eigenvalue weighted by molar-refractivity contribution is 0.181. The van der Waals surface area contributed by atoms with Gasteiger partial charge >= 0.3 is 0 Å². The second-order valence-corrected chi connectivity index (χ2v) is 5.09. The molecule has 1 aliphatic rings. The Bertz CT molecular complexity index is 562. The summed E-state index contributed by atoms with van der Waals surface area (Å²) in [6.45, 7) is 3.99. The third kappa shape index (κ3) is 2.85. The van der Waals surface area contributed by atoms with Gasteiger partial charge < -0.3 is 10.1 Å². The van der Waals surface area contributed by atoms with Crippen molar-refractivity contribution in [2.45, 2.75) is 19.3 Å². The SMILES string of the molecule is CNc1cn2ccnc2c(OCCN2CCCCC2)n1. The van der Waals surface area contributed by atoms with E-state index >= 15 is 0 Å². The van der Waals surface area contributed by atoms with E-state index in [0.29, 0.717) is 12.5 Å². The highest BCUT2D eigenvalue weighted by Crippen LogP contribution is 2.18. The Morgan fingerprint density at radius 3 is 2.95 bits per heavy atom. The van der Waals surface area contributed by atoms with Crippen molar-refractivity contribution in [2.24, 2.45) is 0 Å². The smallest absolute Gasteiger partial charge is 0.260 e. The molecule has 0 saturated carbocycles. The summed E-state index contributed by atoms with van der Waals surface area (Å²) in [7, 11) is 1.85. The summed E-state index contributed by atoms with van der Waals surface area (Å²) in [4.78, 5) is 11.2. The number of piperidine rings is 1. The number of hydrogen-bond donors (Lipinski definition) is 1. The Labute approximate surface area is 118 Å². The van der Waals surface area contributed by atoms with Gasteiger partial charge in [0.25, 0.3) is 5.88 Å². The molecule has 2 aromatic rings. The Morgan fingerprint density at radius 2 is 2.15 bits per heavy atom. The average molecular weight is 275 g/mol. The van der Waals surface area contributed by atoms with Crippen LogP contribution < -0.4 is 10.1 Å². The quantitative estimate of drug-likeness (QED) is 0.899. The first-order valence-electron chi connectivity index (χ1n) is 7.23. The van der Waals surface area contributed by atoms with Gasteiger partial charge in [0.2, 0.25) is 5.65 Å². The largest absolute Gasteiger partial charge is 0.474 e. The highest BCUT2D eigenvalue weighted by molar-refractivity contribution is 5.53. The van der Waals surface area contributed by atoms with Crippen molar-refractivity contribution in [1.82, 2.24) is 19.3 Å². The molecular weight excluding hydrogens is 254 g/mol. The number of imidazole rings is 1. The fraction of sp³-hybridized carbons (Fsp3) is 0.571. The molecule has 1 aliphatic heterocycles. The highest BCUT2D eigenvalue weighted by Gasteiger charge is 2.12. The minimum Gasteiger partial charge on any atom is -0.474 e. The molecule has 0 aromatic carbocycles. The molecule has 0 unspecified atom stereocenters. The number of nitrogens with zero attached hydrogens (tertiary/aromatic N) is 4. The van der Waals surface area contributed by atoms with E-state index in [1.807, 2.05) is 23.8 Å². The van der Waals surface area contributed by atoms with Crippen molar-refractivity contribution in [1.29, 1.82) is 0 Å². The summed E-state index contributed by atoms with van der Waals surface area (Å²) in [5.41, 5.74) is 0.766. The van der Waals surface area contributed by atoms with Crippen LogP contribution in [-0.2, 0) is 0 Å². The van der Waals surface area contributed by atoms with E-state index in [1.165, 1.54) is 32.4 Å². The summed E-state index contributed by atoms with van der Waals surface area (Å²) in [6, 6.07) is 0. The molecule has 2 aromatic heterocycles. The van der Waals surface area contributed by atoms with E-state index in [1.54, 1.807) is 6.20 Å². The van der Waals surface area contributed by atoms with E-state index in [2.05, 4.69) is 20.2 Å². The maximum atomic E-state index is 5.85. The maximum absolute atomic E-state index is 5.85. The molecule has 0 spiro atoms. The van der Waals surface area contributed by atoms with Gasteiger partial charge in [0, 0.05) is 26.0 Å². The van der Waals surface area contributed by atoms with Crippen LogP contribution in [0.2, 0.25) is 0 Å². The van der Waals surface area contributed by atoms with Gasteiger partial charge in [-0.05, 0) is 25.9 Å². The highest BCUT2D eigenvalue weighted by atomic mass is 16.5. The number of aromatic nitrogens is 3. The number of likely N-dealkylation sites (tertiary alicyclic amines) is 1. The van der Waals surface area contributed by atoms with Gasteiger partial charge in [0.15, 0.2) is 0 Å². The lowest BCUT2D eigenvalue weighted by Crippen LogP contribution is -2.33. The Balaban J connectivity index is 1.65. The molecule has 108 valence electrons. The second kappa shape index (κ2) is 6.09. The van der Waals surface area contributed by atoms with Crippen molar-refractivity contribution in [2.75, 3.05) is 38.6 Å². The van der Waals surface area contributed by atoms with Crippen molar-refractivity contribution >= 4 is 11.5 Å².